The van der Waals surface area contributed by atoms with Gasteiger partial charge in [0.15, 0.2) is 0 Å². The van der Waals surface area contributed by atoms with Crippen LogP contribution in [0.3, 0.4) is 0 Å². The second kappa shape index (κ2) is 8.47. The number of hydrogen-bond donors (Lipinski definition) is 3. The Morgan fingerprint density at radius 1 is 1.27 bits per heavy atom. The maximum atomic E-state index is 12.1. The number of hydrogen-bond acceptors (Lipinski definition) is 4. The van der Waals surface area contributed by atoms with E-state index in [1.54, 1.807) is 12.1 Å². The summed E-state index contributed by atoms with van der Waals surface area (Å²) in [4.78, 5) is 12.2. The van der Waals surface area contributed by atoms with Crippen molar-refractivity contribution in [1.82, 2.24) is 4.72 Å². The molecule has 8 heteroatoms. The van der Waals surface area contributed by atoms with Crippen LogP contribution in [0.5, 0.6) is 0 Å². The highest BCUT2D eigenvalue weighted by molar-refractivity contribution is 7.89. The van der Waals surface area contributed by atoms with Crippen molar-refractivity contribution in [2.24, 2.45) is 11.7 Å². The molecule has 1 aliphatic rings. The summed E-state index contributed by atoms with van der Waals surface area (Å²) in [6.45, 7) is 0.415. The summed E-state index contributed by atoms with van der Waals surface area (Å²) in [5.41, 5.74) is 5.80. The van der Waals surface area contributed by atoms with E-state index in [2.05, 4.69) is 10.0 Å². The van der Waals surface area contributed by atoms with E-state index >= 15 is 0 Å². The monoisotopic (exact) mass is 347 g/mol. The Bertz CT molecular complexity index is 601. The zero-order chi connectivity index (χ0) is 15.3. The van der Waals surface area contributed by atoms with E-state index in [0.717, 1.165) is 25.7 Å². The molecule has 4 N–H and O–H groups in total. The lowest BCUT2D eigenvalue weighted by atomic mass is 10.1. The van der Waals surface area contributed by atoms with Crippen molar-refractivity contribution in [3.05, 3.63) is 24.3 Å². The van der Waals surface area contributed by atoms with Crippen molar-refractivity contribution in [2.75, 3.05) is 18.4 Å². The van der Waals surface area contributed by atoms with Gasteiger partial charge in [-0.2, -0.15) is 0 Å². The molecule has 0 unspecified atom stereocenters. The lowest BCUT2D eigenvalue weighted by molar-refractivity contribution is -0.119. The largest absolute Gasteiger partial charge is 0.329 e. The van der Waals surface area contributed by atoms with E-state index in [9.17, 15) is 13.2 Å². The fourth-order valence-corrected chi connectivity index (χ4v) is 3.54. The van der Waals surface area contributed by atoms with Gasteiger partial charge < -0.3 is 11.1 Å². The minimum atomic E-state index is -3.58. The Morgan fingerprint density at radius 2 is 1.95 bits per heavy atom. The van der Waals surface area contributed by atoms with Crippen molar-refractivity contribution in [2.45, 2.75) is 30.6 Å². The van der Waals surface area contributed by atoms with E-state index in [1.807, 2.05) is 0 Å². The number of amides is 1. The molecule has 0 aromatic heterocycles. The fourth-order valence-electron chi connectivity index (χ4n) is 2.45. The Hall–Kier alpha value is -1.15. The molecule has 0 heterocycles. The van der Waals surface area contributed by atoms with Crippen molar-refractivity contribution in [3.63, 3.8) is 0 Å². The SMILES string of the molecule is Cl.NCCNS(=O)(=O)c1cccc(NC(=O)C2CCCC2)c1. The molecule has 124 valence electrons. The van der Waals surface area contributed by atoms with Gasteiger partial charge in [-0.1, -0.05) is 18.9 Å². The maximum Gasteiger partial charge on any atom is 0.240 e. The predicted molar refractivity (Wildman–Crippen MR) is 88.5 cm³/mol. The topological polar surface area (TPSA) is 101 Å². The zero-order valence-corrected chi connectivity index (χ0v) is 13.9. The van der Waals surface area contributed by atoms with E-state index in [-0.39, 0.29) is 42.2 Å². The highest BCUT2D eigenvalue weighted by atomic mass is 35.5. The molecular formula is C14H22ClN3O3S. The molecule has 1 saturated carbocycles. The molecule has 0 bridgehead atoms. The normalized spacial score (nSPS) is 15.3. The molecule has 0 atom stereocenters. The average molecular weight is 348 g/mol. The van der Waals surface area contributed by atoms with Gasteiger partial charge in [0.25, 0.3) is 0 Å². The van der Waals surface area contributed by atoms with E-state index in [4.69, 9.17) is 5.73 Å². The molecule has 6 nitrogen and oxygen atoms in total. The van der Waals surface area contributed by atoms with Crippen LogP contribution in [-0.2, 0) is 14.8 Å². The van der Waals surface area contributed by atoms with E-state index in [0.29, 0.717) is 5.69 Å². The lowest BCUT2D eigenvalue weighted by Crippen LogP contribution is -2.29. The first-order chi connectivity index (χ1) is 10.0. The molecule has 1 aromatic carbocycles. The number of halogens is 1. The fraction of sp³-hybridized carbons (Fsp3) is 0.500. The first-order valence-electron chi connectivity index (χ1n) is 7.13. The highest BCUT2D eigenvalue weighted by Crippen LogP contribution is 2.26. The van der Waals surface area contributed by atoms with Crippen LogP contribution in [0.1, 0.15) is 25.7 Å². The third kappa shape index (κ3) is 4.95. The Labute approximate surface area is 137 Å². The molecule has 0 radical (unpaired) electrons. The molecule has 1 fully saturated rings. The minimum absolute atomic E-state index is 0. The van der Waals surface area contributed by atoms with Crippen molar-refractivity contribution in [3.8, 4) is 0 Å². The minimum Gasteiger partial charge on any atom is -0.329 e. The first kappa shape index (κ1) is 18.9. The van der Waals surface area contributed by atoms with Gasteiger partial charge in [-0.25, -0.2) is 13.1 Å². The van der Waals surface area contributed by atoms with Crippen LogP contribution in [0.2, 0.25) is 0 Å². The smallest absolute Gasteiger partial charge is 0.240 e. The van der Waals surface area contributed by atoms with E-state index in [1.165, 1.54) is 12.1 Å². The molecule has 22 heavy (non-hydrogen) atoms. The Balaban J connectivity index is 0.00000242. The first-order valence-corrected chi connectivity index (χ1v) is 8.62. The van der Waals surface area contributed by atoms with Crippen LogP contribution >= 0.6 is 12.4 Å². The number of sulfonamides is 1. The molecule has 2 rings (SSSR count). The van der Waals surface area contributed by atoms with Crippen LogP contribution in [0.25, 0.3) is 0 Å². The van der Waals surface area contributed by atoms with Gasteiger partial charge in [-0.05, 0) is 31.0 Å². The highest BCUT2D eigenvalue weighted by Gasteiger charge is 2.23. The third-order valence-corrected chi connectivity index (χ3v) is 5.03. The van der Waals surface area contributed by atoms with Gasteiger partial charge >= 0.3 is 0 Å². The quantitative estimate of drug-likeness (QED) is 0.725. The second-order valence-corrected chi connectivity index (χ2v) is 6.95. The summed E-state index contributed by atoms with van der Waals surface area (Å²) >= 11 is 0. The number of nitrogens with one attached hydrogen (secondary N) is 2. The predicted octanol–water partition coefficient (Wildman–Crippen LogP) is 1.47. The van der Waals surface area contributed by atoms with Gasteiger partial charge in [0, 0.05) is 24.7 Å². The van der Waals surface area contributed by atoms with Crippen LogP contribution in [0.15, 0.2) is 29.2 Å². The molecule has 0 aliphatic heterocycles. The number of anilines is 1. The third-order valence-electron chi connectivity index (χ3n) is 3.57. The summed E-state index contributed by atoms with van der Waals surface area (Å²) in [6, 6.07) is 6.26. The lowest BCUT2D eigenvalue weighted by Gasteiger charge is -2.12. The molecule has 0 saturated heterocycles. The average Bonchev–Trinajstić information content (AvgIpc) is 3.00. The van der Waals surface area contributed by atoms with Crippen molar-refractivity contribution in [1.29, 1.82) is 0 Å². The molecule has 1 aromatic rings. The van der Waals surface area contributed by atoms with E-state index < -0.39 is 10.0 Å². The molecule has 1 aliphatic carbocycles. The van der Waals surface area contributed by atoms with Crippen molar-refractivity contribution < 1.29 is 13.2 Å². The van der Waals surface area contributed by atoms with Gasteiger partial charge in [-0.15, -0.1) is 12.4 Å². The van der Waals surface area contributed by atoms with Gasteiger partial charge in [-0.3, -0.25) is 4.79 Å². The summed E-state index contributed by atoms with van der Waals surface area (Å²) in [7, 11) is -3.58. The van der Waals surface area contributed by atoms with Crippen molar-refractivity contribution >= 4 is 34.0 Å². The summed E-state index contributed by atoms with van der Waals surface area (Å²) in [5, 5.41) is 2.80. The molecule has 1 amide bonds. The summed E-state index contributed by atoms with van der Waals surface area (Å²) < 4.78 is 26.4. The Kier molecular flexibility index (Phi) is 7.28. The molecular weight excluding hydrogens is 326 g/mol. The number of nitrogens with two attached hydrogens (primary N) is 1. The standard InChI is InChI=1S/C14H21N3O3S.ClH/c15-8-9-16-21(19,20)13-7-3-6-12(10-13)17-14(18)11-4-1-2-5-11;/h3,6-7,10-11,16H,1-2,4-5,8-9,15H2,(H,17,18);1H. The second-order valence-electron chi connectivity index (χ2n) is 5.18. The van der Waals surface area contributed by atoms with Gasteiger partial charge in [0.2, 0.25) is 15.9 Å². The number of rotatable bonds is 6. The Morgan fingerprint density at radius 3 is 2.59 bits per heavy atom. The number of carbonyl (C=O) groups is 1. The van der Waals surface area contributed by atoms with Crippen LogP contribution in [-0.4, -0.2) is 27.4 Å². The van der Waals surface area contributed by atoms with Gasteiger partial charge in [0.1, 0.15) is 0 Å². The van der Waals surface area contributed by atoms with Crippen LogP contribution in [0, 0.1) is 5.92 Å². The number of benzene rings is 1. The van der Waals surface area contributed by atoms with Gasteiger partial charge in [0.05, 0.1) is 4.90 Å². The zero-order valence-electron chi connectivity index (χ0n) is 12.2. The van der Waals surface area contributed by atoms with Crippen LogP contribution < -0.4 is 15.8 Å². The van der Waals surface area contributed by atoms with Crippen LogP contribution in [0.4, 0.5) is 5.69 Å². The molecule has 0 spiro atoms. The maximum absolute atomic E-state index is 12.1. The number of carbonyl (C=O) groups excluding carboxylic acids is 1. The summed E-state index contributed by atoms with van der Waals surface area (Å²) in [6.07, 6.45) is 3.97. The summed E-state index contributed by atoms with van der Waals surface area (Å²) in [5.74, 6) is 0.0117.